The van der Waals surface area contributed by atoms with Gasteiger partial charge in [0.15, 0.2) is 5.75 Å². The number of aromatic nitrogens is 1. The molecule has 2 aromatic rings. The Bertz CT molecular complexity index is 445. The van der Waals surface area contributed by atoms with E-state index in [1.807, 2.05) is 30.3 Å². The Labute approximate surface area is 99.1 Å². The molecule has 5 nitrogen and oxygen atoms in total. The van der Waals surface area contributed by atoms with Crippen molar-refractivity contribution in [1.82, 2.24) is 4.98 Å². The van der Waals surface area contributed by atoms with Gasteiger partial charge in [-0.05, 0) is 17.7 Å². The van der Waals surface area contributed by atoms with Gasteiger partial charge in [-0.1, -0.05) is 30.3 Å². The van der Waals surface area contributed by atoms with Crippen LogP contribution in [0.3, 0.4) is 0 Å². The van der Waals surface area contributed by atoms with Gasteiger partial charge in [-0.2, -0.15) is 4.89 Å². The summed E-state index contributed by atoms with van der Waals surface area (Å²) in [5, 5.41) is 0. The molecule has 2 rings (SSSR count). The predicted molar refractivity (Wildman–Crippen MR) is 63.9 cm³/mol. The van der Waals surface area contributed by atoms with Crippen molar-refractivity contribution in [3.63, 3.8) is 0 Å². The highest BCUT2D eigenvalue weighted by Crippen LogP contribution is 2.12. The molecule has 3 N–H and O–H groups in total. The first-order valence-electron chi connectivity index (χ1n) is 5.14. The number of nitrogen functional groups attached to an aromatic ring is 1. The molecule has 0 spiro atoms. The van der Waals surface area contributed by atoms with E-state index in [1.54, 1.807) is 12.1 Å². The fourth-order valence-corrected chi connectivity index (χ4v) is 1.25. The van der Waals surface area contributed by atoms with Crippen molar-refractivity contribution in [2.45, 2.75) is 6.61 Å². The molecule has 0 amide bonds. The van der Waals surface area contributed by atoms with Gasteiger partial charge in [0.25, 0.3) is 0 Å². The first-order chi connectivity index (χ1) is 8.38. The summed E-state index contributed by atoms with van der Waals surface area (Å²) in [6.45, 7) is 0.387. The van der Waals surface area contributed by atoms with Crippen LogP contribution in [0.25, 0.3) is 0 Å². The first kappa shape index (κ1) is 11.4. The third-order valence-corrected chi connectivity index (χ3v) is 2.11. The van der Waals surface area contributed by atoms with Gasteiger partial charge in [-0.3, -0.25) is 0 Å². The number of nitrogens with one attached hydrogen (secondary N) is 1. The predicted octanol–water partition coefficient (Wildman–Crippen LogP) is 1.88. The Morgan fingerprint density at radius 3 is 2.59 bits per heavy atom. The van der Waals surface area contributed by atoms with Crippen LogP contribution in [0.2, 0.25) is 0 Å². The molecular weight excluding hydrogens is 218 g/mol. The monoisotopic (exact) mass is 231 g/mol. The molecule has 5 heteroatoms. The van der Waals surface area contributed by atoms with E-state index in [4.69, 9.17) is 15.6 Å². The zero-order valence-electron chi connectivity index (χ0n) is 9.17. The van der Waals surface area contributed by atoms with Gasteiger partial charge in [0.05, 0.1) is 6.20 Å². The molecule has 0 unspecified atom stereocenters. The standard InChI is InChI=1S/C12H13N3O2/c13-15-12-7-6-11(8-14-12)17-16-9-10-4-2-1-3-5-10/h1-8H,9,13H2,(H,14,15). The summed E-state index contributed by atoms with van der Waals surface area (Å²) in [5.74, 6) is 6.29. The fourth-order valence-electron chi connectivity index (χ4n) is 1.25. The number of rotatable bonds is 5. The van der Waals surface area contributed by atoms with Crippen LogP contribution in [-0.4, -0.2) is 4.98 Å². The zero-order chi connectivity index (χ0) is 11.9. The maximum Gasteiger partial charge on any atom is 0.183 e. The Kier molecular flexibility index (Phi) is 3.90. The number of nitrogens with zero attached hydrogens (tertiary/aromatic N) is 1. The third-order valence-electron chi connectivity index (χ3n) is 2.11. The lowest BCUT2D eigenvalue weighted by molar-refractivity contribution is -0.217. The Balaban J connectivity index is 1.82. The van der Waals surface area contributed by atoms with Crippen LogP contribution in [0.1, 0.15) is 5.56 Å². The lowest BCUT2D eigenvalue weighted by Crippen LogP contribution is -2.08. The molecule has 1 aromatic carbocycles. The van der Waals surface area contributed by atoms with Crippen molar-refractivity contribution in [2.75, 3.05) is 5.43 Å². The van der Waals surface area contributed by atoms with E-state index in [0.29, 0.717) is 18.2 Å². The molecule has 0 aliphatic heterocycles. The van der Waals surface area contributed by atoms with E-state index in [2.05, 4.69) is 10.4 Å². The molecule has 0 saturated carbocycles. The van der Waals surface area contributed by atoms with E-state index in [0.717, 1.165) is 5.56 Å². The van der Waals surface area contributed by atoms with Crippen LogP contribution in [0.15, 0.2) is 48.7 Å². The molecule has 0 bridgehead atoms. The molecule has 1 aromatic heterocycles. The van der Waals surface area contributed by atoms with Crippen LogP contribution >= 0.6 is 0 Å². The van der Waals surface area contributed by atoms with Crippen LogP contribution < -0.4 is 16.2 Å². The van der Waals surface area contributed by atoms with E-state index in [1.165, 1.54) is 6.20 Å². The molecule has 0 atom stereocenters. The summed E-state index contributed by atoms with van der Waals surface area (Å²) in [6.07, 6.45) is 1.53. The Morgan fingerprint density at radius 1 is 1.12 bits per heavy atom. The fraction of sp³-hybridized carbons (Fsp3) is 0.0833. The van der Waals surface area contributed by atoms with Gasteiger partial charge in [0.1, 0.15) is 12.4 Å². The normalized spacial score (nSPS) is 9.94. The number of benzene rings is 1. The van der Waals surface area contributed by atoms with E-state index in [-0.39, 0.29) is 0 Å². The first-order valence-corrected chi connectivity index (χ1v) is 5.14. The highest BCUT2D eigenvalue weighted by atomic mass is 17.2. The number of pyridine rings is 1. The number of hydrogen-bond donors (Lipinski definition) is 2. The summed E-state index contributed by atoms with van der Waals surface area (Å²) in [6, 6.07) is 13.2. The molecule has 0 radical (unpaired) electrons. The summed E-state index contributed by atoms with van der Waals surface area (Å²) in [7, 11) is 0. The van der Waals surface area contributed by atoms with Gasteiger partial charge < -0.3 is 10.3 Å². The molecule has 0 aliphatic rings. The maximum absolute atomic E-state index is 5.19. The average Bonchev–Trinajstić information content (AvgIpc) is 2.41. The van der Waals surface area contributed by atoms with Crippen molar-refractivity contribution in [3.8, 4) is 5.75 Å². The number of hydrogen-bond acceptors (Lipinski definition) is 5. The molecule has 0 saturated heterocycles. The minimum Gasteiger partial charge on any atom is -0.336 e. The van der Waals surface area contributed by atoms with Crippen LogP contribution in [0.4, 0.5) is 5.82 Å². The molecule has 1 heterocycles. The third kappa shape index (κ3) is 3.44. The van der Waals surface area contributed by atoms with Gasteiger partial charge in [-0.25, -0.2) is 10.8 Å². The second kappa shape index (κ2) is 5.83. The number of hydrazine groups is 1. The van der Waals surface area contributed by atoms with Gasteiger partial charge >= 0.3 is 0 Å². The minimum atomic E-state index is 0.387. The molecule has 88 valence electrons. The van der Waals surface area contributed by atoms with E-state index in [9.17, 15) is 0 Å². The van der Waals surface area contributed by atoms with Crippen LogP contribution in [-0.2, 0) is 11.5 Å². The summed E-state index contributed by atoms with van der Waals surface area (Å²) in [5.41, 5.74) is 3.47. The van der Waals surface area contributed by atoms with Crippen LogP contribution in [0, 0.1) is 0 Å². The van der Waals surface area contributed by atoms with Gasteiger partial charge in [0, 0.05) is 0 Å². The average molecular weight is 231 g/mol. The van der Waals surface area contributed by atoms with E-state index < -0.39 is 0 Å². The minimum absolute atomic E-state index is 0.387. The summed E-state index contributed by atoms with van der Waals surface area (Å²) in [4.78, 5) is 14.1. The van der Waals surface area contributed by atoms with Gasteiger partial charge in [-0.15, -0.1) is 0 Å². The number of anilines is 1. The lowest BCUT2D eigenvalue weighted by Gasteiger charge is -2.05. The Hall–Kier alpha value is -2.11. The highest BCUT2D eigenvalue weighted by Gasteiger charge is 1.97. The Morgan fingerprint density at radius 2 is 1.94 bits per heavy atom. The van der Waals surface area contributed by atoms with Crippen molar-refractivity contribution >= 4 is 5.82 Å². The molecular formula is C12H13N3O2. The van der Waals surface area contributed by atoms with Crippen LogP contribution in [0.5, 0.6) is 5.75 Å². The van der Waals surface area contributed by atoms with E-state index >= 15 is 0 Å². The molecule has 0 aliphatic carbocycles. The van der Waals surface area contributed by atoms with Crippen molar-refractivity contribution < 1.29 is 9.78 Å². The second-order valence-corrected chi connectivity index (χ2v) is 3.35. The molecule has 0 fully saturated rings. The van der Waals surface area contributed by atoms with Crippen molar-refractivity contribution in [1.29, 1.82) is 0 Å². The lowest BCUT2D eigenvalue weighted by atomic mass is 10.2. The summed E-state index contributed by atoms with van der Waals surface area (Å²) < 4.78 is 0. The maximum atomic E-state index is 5.19. The quantitative estimate of drug-likeness (QED) is 0.467. The zero-order valence-corrected chi connectivity index (χ0v) is 9.17. The second-order valence-electron chi connectivity index (χ2n) is 3.35. The summed E-state index contributed by atoms with van der Waals surface area (Å²) >= 11 is 0. The number of nitrogens with two attached hydrogens (primary N) is 1. The largest absolute Gasteiger partial charge is 0.336 e. The molecule has 17 heavy (non-hydrogen) atoms. The smallest absolute Gasteiger partial charge is 0.183 e. The van der Waals surface area contributed by atoms with Crippen molar-refractivity contribution in [3.05, 3.63) is 54.2 Å². The highest BCUT2D eigenvalue weighted by molar-refractivity contribution is 5.35. The van der Waals surface area contributed by atoms with Gasteiger partial charge in [0.2, 0.25) is 0 Å². The van der Waals surface area contributed by atoms with Crippen molar-refractivity contribution in [2.24, 2.45) is 5.84 Å². The topological polar surface area (TPSA) is 69.4 Å². The SMILES string of the molecule is NNc1ccc(OOCc2ccccc2)cn1.